The molecule has 0 aromatic rings. The maximum absolute atomic E-state index is 3.40. The molecule has 0 unspecified atom stereocenters. The van der Waals surface area contributed by atoms with E-state index >= 15 is 0 Å². The SMILES string of the molecule is CCCCC(C)(C)CCN1CCNCC1. The molecule has 0 aliphatic carbocycles. The molecule has 0 aromatic heterocycles. The van der Waals surface area contributed by atoms with E-state index in [0.717, 1.165) is 0 Å². The topological polar surface area (TPSA) is 15.3 Å². The molecule has 1 heterocycles. The summed E-state index contributed by atoms with van der Waals surface area (Å²) in [4.78, 5) is 2.60. The van der Waals surface area contributed by atoms with Crippen LogP contribution in [0.1, 0.15) is 46.5 Å². The Bertz CT molecular complexity index is 160. The Labute approximate surface area is 95.4 Å². The molecule has 1 N–H and O–H groups in total. The third-order valence-corrected chi connectivity index (χ3v) is 3.52. The Morgan fingerprint density at radius 2 is 1.80 bits per heavy atom. The molecule has 0 saturated carbocycles. The Hall–Kier alpha value is -0.0800. The van der Waals surface area contributed by atoms with Gasteiger partial charge in [-0.15, -0.1) is 0 Å². The zero-order valence-corrected chi connectivity index (χ0v) is 10.8. The van der Waals surface area contributed by atoms with E-state index < -0.39 is 0 Å². The first-order valence-corrected chi connectivity index (χ1v) is 6.57. The second-order valence-corrected chi connectivity index (χ2v) is 5.61. The molecule has 1 aliphatic heterocycles. The molecule has 1 fully saturated rings. The minimum atomic E-state index is 0.543. The number of unbranched alkanes of at least 4 members (excludes halogenated alkanes) is 1. The number of hydrogen-bond donors (Lipinski definition) is 1. The third-order valence-electron chi connectivity index (χ3n) is 3.52. The molecule has 2 nitrogen and oxygen atoms in total. The monoisotopic (exact) mass is 212 g/mol. The van der Waals surface area contributed by atoms with Crippen LogP contribution < -0.4 is 5.32 Å². The van der Waals surface area contributed by atoms with E-state index in [4.69, 9.17) is 0 Å². The first-order chi connectivity index (χ1) is 7.14. The molecule has 0 spiro atoms. The number of piperazine rings is 1. The van der Waals surface area contributed by atoms with E-state index in [1.807, 2.05) is 0 Å². The second-order valence-electron chi connectivity index (χ2n) is 5.61. The van der Waals surface area contributed by atoms with Gasteiger partial charge in [0.2, 0.25) is 0 Å². The predicted molar refractivity (Wildman–Crippen MR) is 67.2 cm³/mol. The fourth-order valence-electron chi connectivity index (χ4n) is 2.18. The highest BCUT2D eigenvalue weighted by atomic mass is 15.2. The zero-order valence-electron chi connectivity index (χ0n) is 10.8. The fourth-order valence-corrected chi connectivity index (χ4v) is 2.18. The van der Waals surface area contributed by atoms with Crippen LogP contribution in [0.2, 0.25) is 0 Å². The zero-order chi connectivity index (χ0) is 11.1. The molecular formula is C13H28N2. The summed E-state index contributed by atoms with van der Waals surface area (Å²) in [6.45, 7) is 13.2. The van der Waals surface area contributed by atoms with Crippen LogP contribution in [0.4, 0.5) is 0 Å². The minimum absolute atomic E-state index is 0.543. The van der Waals surface area contributed by atoms with Crippen molar-refractivity contribution < 1.29 is 0 Å². The van der Waals surface area contributed by atoms with Gasteiger partial charge in [0, 0.05) is 26.2 Å². The van der Waals surface area contributed by atoms with Crippen molar-refractivity contribution in [1.82, 2.24) is 10.2 Å². The van der Waals surface area contributed by atoms with E-state index in [9.17, 15) is 0 Å². The summed E-state index contributed by atoms with van der Waals surface area (Å²) in [5.74, 6) is 0. The average Bonchev–Trinajstić information content (AvgIpc) is 2.25. The van der Waals surface area contributed by atoms with Crippen molar-refractivity contribution in [2.75, 3.05) is 32.7 Å². The molecule has 0 atom stereocenters. The van der Waals surface area contributed by atoms with Crippen LogP contribution >= 0.6 is 0 Å². The van der Waals surface area contributed by atoms with Gasteiger partial charge in [-0.25, -0.2) is 0 Å². The smallest absolute Gasteiger partial charge is 0.0107 e. The molecule has 1 saturated heterocycles. The predicted octanol–water partition coefficient (Wildman–Crippen LogP) is 2.50. The van der Waals surface area contributed by atoms with Crippen LogP contribution in [0.25, 0.3) is 0 Å². The highest BCUT2D eigenvalue weighted by Gasteiger charge is 2.19. The lowest BCUT2D eigenvalue weighted by molar-refractivity contribution is 0.190. The van der Waals surface area contributed by atoms with Crippen LogP contribution in [0.3, 0.4) is 0 Å². The van der Waals surface area contributed by atoms with Gasteiger partial charge < -0.3 is 10.2 Å². The molecule has 0 amide bonds. The van der Waals surface area contributed by atoms with Crippen LogP contribution in [-0.2, 0) is 0 Å². The maximum atomic E-state index is 3.40. The van der Waals surface area contributed by atoms with E-state index in [2.05, 4.69) is 31.0 Å². The van der Waals surface area contributed by atoms with Gasteiger partial charge in [-0.1, -0.05) is 33.6 Å². The van der Waals surface area contributed by atoms with Gasteiger partial charge in [0.25, 0.3) is 0 Å². The molecule has 1 aliphatic rings. The lowest BCUT2D eigenvalue weighted by atomic mass is 9.84. The molecule has 15 heavy (non-hydrogen) atoms. The summed E-state index contributed by atoms with van der Waals surface area (Å²) in [7, 11) is 0. The largest absolute Gasteiger partial charge is 0.314 e. The second kappa shape index (κ2) is 6.49. The number of nitrogens with zero attached hydrogens (tertiary/aromatic N) is 1. The number of nitrogens with one attached hydrogen (secondary N) is 1. The van der Waals surface area contributed by atoms with E-state index in [0.29, 0.717) is 5.41 Å². The normalized spacial score (nSPS) is 19.4. The van der Waals surface area contributed by atoms with Crippen molar-refractivity contribution >= 4 is 0 Å². The van der Waals surface area contributed by atoms with Gasteiger partial charge in [-0.3, -0.25) is 0 Å². The van der Waals surface area contributed by atoms with Gasteiger partial charge in [0.1, 0.15) is 0 Å². The lowest BCUT2D eigenvalue weighted by Gasteiger charge is -2.31. The quantitative estimate of drug-likeness (QED) is 0.728. The highest BCUT2D eigenvalue weighted by molar-refractivity contribution is 4.73. The van der Waals surface area contributed by atoms with E-state index in [1.54, 1.807) is 0 Å². The minimum Gasteiger partial charge on any atom is -0.314 e. The van der Waals surface area contributed by atoms with Gasteiger partial charge >= 0.3 is 0 Å². The first-order valence-electron chi connectivity index (χ1n) is 6.57. The molecular weight excluding hydrogens is 184 g/mol. The van der Waals surface area contributed by atoms with Crippen molar-refractivity contribution in [1.29, 1.82) is 0 Å². The van der Waals surface area contributed by atoms with E-state index in [-0.39, 0.29) is 0 Å². The highest BCUT2D eigenvalue weighted by Crippen LogP contribution is 2.27. The van der Waals surface area contributed by atoms with Crippen LogP contribution in [0.5, 0.6) is 0 Å². The average molecular weight is 212 g/mol. The van der Waals surface area contributed by atoms with Gasteiger partial charge in [0.05, 0.1) is 0 Å². The van der Waals surface area contributed by atoms with Gasteiger partial charge in [-0.05, 0) is 24.8 Å². The molecule has 90 valence electrons. The Kier molecular flexibility index (Phi) is 5.62. The molecule has 0 aromatic carbocycles. The fraction of sp³-hybridized carbons (Fsp3) is 1.00. The Balaban J connectivity index is 2.15. The molecule has 1 rings (SSSR count). The summed E-state index contributed by atoms with van der Waals surface area (Å²) in [5, 5.41) is 3.40. The van der Waals surface area contributed by atoms with Crippen molar-refractivity contribution in [2.45, 2.75) is 46.5 Å². The van der Waals surface area contributed by atoms with E-state index in [1.165, 1.54) is 58.4 Å². The summed E-state index contributed by atoms with van der Waals surface area (Å²) >= 11 is 0. The van der Waals surface area contributed by atoms with Crippen molar-refractivity contribution in [3.05, 3.63) is 0 Å². The first kappa shape index (κ1) is 13.0. The lowest BCUT2D eigenvalue weighted by Crippen LogP contribution is -2.44. The van der Waals surface area contributed by atoms with Crippen LogP contribution in [-0.4, -0.2) is 37.6 Å². The summed E-state index contributed by atoms with van der Waals surface area (Å²) < 4.78 is 0. The van der Waals surface area contributed by atoms with Crippen molar-refractivity contribution in [3.63, 3.8) is 0 Å². The van der Waals surface area contributed by atoms with Gasteiger partial charge in [-0.2, -0.15) is 0 Å². The summed E-state index contributed by atoms with van der Waals surface area (Å²) in [6, 6.07) is 0. The molecule has 2 heteroatoms. The number of hydrogen-bond acceptors (Lipinski definition) is 2. The third kappa shape index (κ3) is 5.53. The van der Waals surface area contributed by atoms with Crippen molar-refractivity contribution in [2.24, 2.45) is 5.41 Å². The van der Waals surface area contributed by atoms with Crippen molar-refractivity contribution in [3.8, 4) is 0 Å². The Morgan fingerprint density at radius 1 is 1.13 bits per heavy atom. The molecule has 0 radical (unpaired) electrons. The summed E-state index contributed by atoms with van der Waals surface area (Å²) in [6.07, 6.45) is 5.45. The maximum Gasteiger partial charge on any atom is 0.0107 e. The summed E-state index contributed by atoms with van der Waals surface area (Å²) in [5.41, 5.74) is 0.543. The van der Waals surface area contributed by atoms with Crippen LogP contribution in [0, 0.1) is 5.41 Å². The standard InChI is InChI=1S/C13H28N2/c1-4-5-6-13(2,3)7-10-15-11-8-14-9-12-15/h14H,4-12H2,1-3H3. The number of rotatable bonds is 6. The molecule has 0 bridgehead atoms. The Morgan fingerprint density at radius 3 is 2.40 bits per heavy atom. The van der Waals surface area contributed by atoms with Gasteiger partial charge in [0.15, 0.2) is 0 Å². The van der Waals surface area contributed by atoms with Crippen LogP contribution in [0.15, 0.2) is 0 Å².